The van der Waals surface area contributed by atoms with Gasteiger partial charge in [-0.3, -0.25) is 4.79 Å². The number of alkyl halides is 1. The number of carbonyl (C=O) groups is 1. The van der Waals surface area contributed by atoms with Gasteiger partial charge in [-0.1, -0.05) is 32.1 Å². The van der Waals surface area contributed by atoms with Gasteiger partial charge in [0.15, 0.2) is 0 Å². The zero-order valence-electron chi connectivity index (χ0n) is 12.5. The van der Waals surface area contributed by atoms with Crippen molar-refractivity contribution in [2.45, 2.75) is 70.3 Å². The lowest BCUT2D eigenvalue weighted by atomic mass is 9.67. The van der Waals surface area contributed by atoms with Crippen LogP contribution >= 0.6 is 11.6 Å². The molecule has 0 aliphatic heterocycles. The van der Waals surface area contributed by atoms with Gasteiger partial charge in [-0.15, -0.1) is 11.6 Å². The number of hydrogen-bond donors (Lipinski definition) is 1. The summed E-state index contributed by atoms with van der Waals surface area (Å²) in [5.41, 5.74) is 0. The van der Waals surface area contributed by atoms with Crippen LogP contribution in [0.5, 0.6) is 0 Å². The number of halogens is 1. The molecule has 1 amide bonds. The van der Waals surface area contributed by atoms with E-state index >= 15 is 0 Å². The Balaban J connectivity index is 1.52. The predicted octanol–water partition coefficient (Wildman–Crippen LogP) is 4.12. The number of rotatable bonds is 3. The number of carbonyl (C=O) groups excluding carboxylic acids is 1. The summed E-state index contributed by atoms with van der Waals surface area (Å²) in [7, 11) is 0. The molecule has 3 rings (SSSR count). The molecule has 3 heteroatoms. The van der Waals surface area contributed by atoms with E-state index in [0.717, 1.165) is 31.1 Å². The van der Waals surface area contributed by atoms with E-state index in [1.165, 1.54) is 44.9 Å². The molecule has 2 nitrogen and oxygen atoms in total. The van der Waals surface area contributed by atoms with Gasteiger partial charge in [0.05, 0.1) is 0 Å². The van der Waals surface area contributed by atoms with Crippen LogP contribution in [0.25, 0.3) is 0 Å². The molecule has 1 N–H and O–H groups in total. The number of nitrogens with one attached hydrogen (secondary N) is 1. The van der Waals surface area contributed by atoms with Gasteiger partial charge >= 0.3 is 0 Å². The second-order valence-corrected chi connectivity index (χ2v) is 7.58. The fourth-order valence-electron chi connectivity index (χ4n) is 4.82. The summed E-state index contributed by atoms with van der Waals surface area (Å²) >= 11 is 6.01. The third kappa shape index (κ3) is 3.16. The first-order valence-corrected chi connectivity index (χ1v) is 9.17. The molecule has 0 radical (unpaired) electrons. The molecular weight excluding hydrogens is 270 g/mol. The van der Waals surface area contributed by atoms with Crippen molar-refractivity contribution in [3.05, 3.63) is 0 Å². The van der Waals surface area contributed by atoms with Crippen LogP contribution in [0.1, 0.15) is 64.2 Å². The molecule has 0 spiro atoms. The summed E-state index contributed by atoms with van der Waals surface area (Å²) < 4.78 is 0. The molecular formula is C17H28ClNO. The fourth-order valence-corrected chi connectivity index (χ4v) is 5.19. The Morgan fingerprint density at radius 1 is 0.950 bits per heavy atom. The van der Waals surface area contributed by atoms with Crippen LogP contribution in [0.4, 0.5) is 0 Å². The van der Waals surface area contributed by atoms with Crippen molar-refractivity contribution in [1.29, 1.82) is 0 Å². The Bertz CT molecular complexity index is 346. The maximum absolute atomic E-state index is 12.5. The van der Waals surface area contributed by atoms with Gasteiger partial charge in [0.25, 0.3) is 0 Å². The van der Waals surface area contributed by atoms with Crippen molar-refractivity contribution in [2.24, 2.45) is 23.7 Å². The molecule has 0 aromatic heterocycles. The highest BCUT2D eigenvalue weighted by atomic mass is 35.5. The normalized spacial score (nSPS) is 41.1. The first kappa shape index (κ1) is 14.7. The molecule has 3 aliphatic rings. The van der Waals surface area contributed by atoms with Crippen LogP contribution in [0, 0.1) is 23.7 Å². The Labute approximate surface area is 128 Å². The van der Waals surface area contributed by atoms with Gasteiger partial charge in [0.1, 0.15) is 0 Å². The Hall–Kier alpha value is -0.240. The predicted molar refractivity (Wildman–Crippen MR) is 82.8 cm³/mol. The third-order valence-corrected chi connectivity index (χ3v) is 6.49. The van der Waals surface area contributed by atoms with Crippen molar-refractivity contribution in [3.8, 4) is 0 Å². The number of hydrogen-bond acceptors (Lipinski definition) is 1. The minimum Gasteiger partial charge on any atom is -0.353 e. The second-order valence-electron chi connectivity index (χ2n) is 7.27. The summed E-state index contributed by atoms with van der Waals surface area (Å²) in [6.07, 6.45) is 12.7. The highest BCUT2D eigenvalue weighted by Gasteiger charge is 2.36. The molecule has 0 bridgehead atoms. The Morgan fingerprint density at radius 2 is 1.75 bits per heavy atom. The largest absolute Gasteiger partial charge is 0.353 e. The van der Waals surface area contributed by atoms with E-state index in [1.54, 1.807) is 0 Å². The van der Waals surface area contributed by atoms with Gasteiger partial charge in [-0.2, -0.15) is 0 Å². The number of amides is 1. The molecule has 5 atom stereocenters. The quantitative estimate of drug-likeness (QED) is 0.780. The Kier molecular flexibility index (Phi) is 4.91. The lowest BCUT2D eigenvalue weighted by molar-refractivity contribution is -0.128. The maximum atomic E-state index is 12.5. The molecule has 3 fully saturated rings. The van der Waals surface area contributed by atoms with E-state index < -0.39 is 0 Å². The molecule has 0 heterocycles. The lowest BCUT2D eigenvalue weighted by Crippen LogP contribution is -2.43. The average Bonchev–Trinajstić information content (AvgIpc) is 2.94. The smallest absolute Gasteiger partial charge is 0.223 e. The summed E-state index contributed by atoms with van der Waals surface area (Å²) in [6.45, 7) is 0. The first-order valence-electron chi connectivity index (χ1n) is 8.64. The van der Waals surface area contributed by atoms with Crippen molar-refractivity contribution in [2.75, 3.05) is 5.88 Å². The fraction of sp³-hybridized carbons (Fsp3) is 0.941. The van der Waals surface area contributed by atoms with E-state index in [2.05, 4.69) is 5.32 Å². The summed E-state index contributed by atoms with van der Waals surface area (Å²) in [4.78, 5) is 12.5. The molecule has 0 aromatic rings. The van der Waals surface area contributed by atoms with E-state index in [4.69, 9.17) is 11.6 Å². The van der Waals surface area contributed by atoms with Gasteiger partial charge in [0, 0.05) is 17.8 Å². The van der Waals surface area contributed by atoms with E-state index in [9.17, 15) is 4.79 Å². The second kappa shape index (κ2) is 6.68. The molecule has 3 aliphatic carbocycles. The molecule has 0 aromatic carbocycles. The van der Waals surface area contributed by atoms with E-state index in [0.29, 0.717) is 23.7 Å². The summed E-state index contributed by atoms with van der Waals surface area (Å²) in [5.74, 6) is 3.57. The standard InChI is InChI=1S/C17H28ClNO/c18-11-15-6-3-7-16(15)19-17(20)14-9-8-12-4-1-2-5-13(12)10-14/h12-16H,1-11H2,(H,19,20). The van der Waals surface area contributed by atoms with Crippen molar-refractivity contribution >= 4 is 17.5 Å². The van der Waals surface area contributed by atoms with Gasteiger partial charge in [0.2, 0.25) is 5.91 Å². The summed E-state index contributed by atoms with van der Waals surface area (Å²) in [5, 5.41) is 3.32. The van der Waals surface area contributed by atoms with Crippen LogP contribution in [-0.4, -0.2) is 17.8 Å². The highest BCUT2D eigenvalue weighted by molar-refractivity contribution is 6.18. The van der Waals surface area contributed by atoms with Crippen LogP contribution in [-0.2, 0) is 4.79 Å². The highest BCUT2D eigenvalue weighted by Crippen LogP contribution is 2.42. The van der Waals surface area contributed by atoms with Crippen LogP contribution in [0.3, 0.4) is 0 Å². The molecule has 114 valence electrons. The zero-order valence-corrected chi connectivity index (χ0v) is 13.2. The average molecular weight is 298 g/mol. The Morgan fingerprint density at radius 3 is 2.55 bits per heavy atom. The van der Waals surface area contributed by atoms with Gasteiger partial charge < -0.3 is 5.32 Å². The molecule has 3 saturated carbocycles. The zero-order chi connectivity index (χ0) is 13.9. The van der Waals surface area contributed by atoms with Crippen LogP contribution < -0.4 is 5.32 Å². The van der Waals surface area contributed by atoms with E-state index in [1.807, 2.05) is 0 Å². The SMILES string of the molecule is O=C(NC1CCCC1CCl)C1CCC2CCCCC2C1. The van der Waals surface area contributed by atoms with Crippen LogP contribution in [0.2, 0.25) is 0 Å². The molecule has 0 saturated heterocycles. The van der Waals surface area contributed by atoms with E-state index in [-0.39, 0.29) is 5.92 Å². The third-order valence-electron chi connectivity index (χ3n) is 6.10. The van der Waals surface area contributed by atoms with Crippen molar-refractivity contribution in [1.82, 2.24) is 5.32 Å². The minimum atomic E-state index is 0.283. The maximum Gasteiger partial charge on any atom is 0.223 e. The van der Waals surface area contributed by atoms with Gasteiger partial charge in [-0.25, -0.2) is 0 Å². The lowest BCUT2D eigenvalue weighted by Gasteiger charge is -2.39. The minimum absolute atomic E-state index is 0.283. The first-order chi connectivity index (χ1) is 9.78. The molecule has 20 heavy (non-hydrogen) atoms. The van der Waals surface area contributed by atoms with Gasteiger partial charge in [-0.05, 0) is 49.9 Å². The number of fused-ring (bicyclic) bond motifs is 1. The van der Waals surface area contributed by atoms with Crippen LogP contribution in [0.15, 0.2) is 0 Å². The van der Waals surface area contributed by atoms with Crippen molar-refractivity contribution < 1.29 is 4.79 Å². The topological polar surface area (TPSA) is 29.1 Å². The van der Waals surface area contributed by atoms with Crippen molar-refractivity contribution in [3.63, 3.8) is 0 Å². The molecule has 5 unspecified atom stereocenters. The monoisotopic (exact) mass is 297 g/mol. The summed E-state index contributed by atoms with van der Waals surface area (Å²) in [6, 6.07) is 0.351.